The zero-order valence-electron chi connectivity index (χ0n) is 19.7. The molecule has 0 bridgehead atoms. The summed E-state index contributed by atoms with van der Waals surface area (Å²) in [6.45, 7) is 2.51. The van der Waals surface area contributed by atoms with Crippen molar-refractivity contribution in [1.29, 1.82) is 0 Å². The van der Waals surface area contributed by atoms with Gasteiger partial charge in [-0.15, -0.1) is 16.4 Å². The van der Waals surface area contributed by atoms with Crippen molar-refractivity contribution < 1.29 is 14.3 Å². The van der Waals surface area contributed by atoms with Crippen molar-refractivity contribution in [3.63, 3.8) is 0 Å². The van der Waals surface area contributed by atoms with Crippen LogP contribution in [0.4, 0.5) is 11.6 Å². The normalized spacial score (nSPS) is 15.7. The van der Waals surface area contributed by atoms with Gasteiger partial charge in [0, 0.05) is 29.6 Å². The number of rotatable bonds is 8. The topological polar surface area (TPSA) is 88.8 Å². The fourth-order valence-corrected chi connectivity index (χ4v) is 5.17. The highest BCUT2D eigenvalue weighted by molar-refractivity contribution is 7.15. The Balaban J connectivity index is 1.28. The van der Waals surface area contributed by atoms with Gasteiger partial charge in [-0.1, -0.05) is 37.6 Å². The lowest BCUT2D eigenvalue weighted by Crippen LogP contribution is -2.28. The molecule has 2 aromatic heterocycles. The van der Waals surface area contributed by atoms with Crippen LogP contribution in [0.3, 0.4) is 0 Å². The smallest absolute Gasteiger partial charge is 0.250 e. The maximum absolute atomic E-state index is 13.0. The third-order valence-corrected chi connectivity index (χ3v) is 7.08. The van der Waals surface area contributed by atoms with E-state index in [1.54, 1.807) is 16.5 Å². The Bertz CT molecular complexity index is 1360. The lowest BCUT2D eigenvalue weighted by atomic mass is 10.1. The standard InChI is InChI=1S/C26H27N5O3S/c1-3-4-7-17-10-12-19(13-11-17)30-15-18(14-23(30)32)24(33)27-25-28-26-31(29-25)21(16-35-26)20-8-5-6-9-22(20)34-2/h5-6,8-13,16,18H,3-4,7,14-15H2,1-2H3,(H,27,29,33). The largest absolute Gasteiger partial charge is 0.496 e. The molecule has 1 aliphatic rings. The van der Waals surface area contributed by atoms with Crippen molar-refractivity contribution in [2.24, 2.45) is 5.92 Å². The van der Waals surface area contributed by atoms with E-state index in [-0.39, 0.29) is 24.2 Å². The number of fused-ring (bicyclic) bond motifs is 1. The van der Waals surface area contributed by atoms with Gasteiger partial charge < -0.3 is 9.64 Å². The molecule has 1 atom stereocenters. The van der Waals surface area contributed by atoms with Crippen LogP contribution in [-0.2, 0) is 16.0 Å². The summed E-state index contributed by atoms with van der Waals surface area (Å²) in [5.41, 5.74) is 3.81. The molecule has 1 N–H and O–H groups in total. The number of aryl methyl sites for hydroxylation is 1. The van der Waals surface area contributed by atoms with Gasteiger partial charge in [-0.3, -0.25) is 14.9 Å². The van der Waals surface area contributed by atoms with Crippen LogP contribution in [-0.4, -0.2) is 40.1 Å². The van der Waals surface area contributed by atoms with Crippen LogP contribution in [0.25, 0.3) is 16.2 Å². The van der Waals surface area contributed by atoms with Crippen molar-refractivity contribution >= 4 is 39.7 Å². The zero-order chi connectivity index (χ0) is 24.4. The van der Waals surface area contributed by atoms with Crippen LogP contribution < -0.4 is 15.0 Å². The third kappa shape index (κ3) is 4.64. The molecule has 35 heavy (non-hydrogen) atoms. The Morgan fingerprint density at radius 3 is 2.77 bits per heavy atom. The zero-order valence-corrected chi connectivity index (χ0v) is 20.5. The average molecular weight is 490 g/mol. The molecule has 0 radical (unpaired) electrons. The highest BCUT2D eigenvalue weighted by atomic mass is 32.1. The van der Waals surface area contributed by atoms with Crippen molar-refractivity contribution in [3.05, 3.63) is 59.5 Å². The van der Waals surface area contributed by atoms with Gasteiger partial charge in [-0.25, -0.2) is 4.52 Å². The van der Waals surface area contributed by atoms with Gasteiger partial charge >= 0.3 is 0 Å². The number of ether oxygens (including phenoxy) is 1. The molecule has 5 rings (SSSR count). The minimum absolute atomic E-state index is 0.0521. The number of aromatic nitrogens is 3. The molecule has 0 saturated carbocycles. The maximum Gasteiger partial charge on any atom is 0.250 e. The molecule has 1 saturated heterocycles. The Labute approximate surface area is 207 Å². The van der Waals surface area contributed by atoms with Gasteiger partial charge in [-0.2, -0.15) is 4.98 Å². The van der Waals surface area contributed by atoms with Crippen molar-refractivity contribution in [2.45, 2.75) is 32.6 Å². The van der Waals surface area contributed by atoms with Gasteiger partial charge in [0.15, 0.2) is 0 Å². The molecule has 1 unspecified atom stereocenters. The fourth-order valence-electron chi connectivity index (χ4n) is 4.34. The van der Waals surface area contributed by atoms with Crippen LogP contribution in [0.1, 0.15) is 31.7 Å². The minimum atomic E-state index is -0.461. The molecular formula is C26H27N5O3S. The number of hydrogen-bond donors (Lipinski definition) is 1. The van der Waals surface area contributed by atoms with E-state index in [4.69, 9.17) is 4.74 Å². The number of amides is 2. The Morgan fingerprint density at radius 1 is 1.20 bits per heavy atom. The summed E-state index contributed by atoms with van der Waals surface area (Å²) in [5.74, 6) is 0.194. The summed E-state index contributed by atoms with van der Waals surface area (Å²) >= 11 is 1.43. The van der Waals surface area contributed by atoms with E-state index in [1.807, 2.05) is 41.8 Å². The molecule has 1 aliphatic heterocycles. The number of anilines is 2. The molecule has 1 fully saturated rings. The molecule has 8 nitrogen and oxygen atoms in total. The summed E-state index contributed by atoms with van der Waals surface area (Å²) in [5, 5.41) is 9.26. The second kappa shape index (κ2) is 9.87. The van der Waals surface area contributed by atoms with E-state index < -0.39 is 5.92 Å². The van der Waals surface area contributed by atoms with Gasteiger partial charge in [0.05, 0.1) is 18.7 Å². The Kier molecular flexibility index (Phi) is 6.50. The number of para-hydroxylation sites is 1. The lowest BCUT2D eigenvalue weighted by Gasteiger charge is -2.17. The number of carbonyl (C=O) groups excluding carboxylic acids is 2. The van der Waals surface area contributed by atoms with Crippen LogP contribution >= 0.6 is 11.3 Å². The number of benzene rings is 2. The summed E-state index contributed by atoms with van der Waals surface area (Å²) in [4.78, 5) is 32.4. The number of unbranched alkanes of at least 4 members (excludes halogenated alkanes) is 1. The van der Waals surface area contributed by atoms with Gasteiger partial charge in [0.2, 0.25) is 22.7 Å². The van der Waals surface area contributed by atoms with Crippen molar-refractivity contribution in [3.8, 4) is 17.0 Å². The molecule has 4 aromatic rings. The number of thiazole rings is 1. The monoisotopic (exact) mass is 489 g/mol. The second-order valence-electron chi connectivity index (χ2n) is 8.62. The summed E-state index contributed by atoms with van der Waals surface area (Å²) in [7, 11) is 1.63. The summed E-state index contributed by atoms with van der Waals surface area (Å²) < 4.78 is 7.17. The van der Waals surface area contributed by atoms with Crippen molar-refractivity contribution in [2.75, 3.05) is 23.9 Å². The van der Waals surface area contributed by atoms with Crippen LogP contribution in [0.5, 0.6) is 5.75 Å². The lowest BCUT2D eigenvalue weighted by molar-refractivity contribution is -0.122. The minimum Gasteiger partial charge on any atom is -0.496 e. The number of carbonyl (C=O) groups is 2. The number of nitrogens with one attached hydrogen (secondary N) is 1. The average Bonchev–Trinajstić information content (AvgIpc) is 3.57. The number of nitrogens with zero attached hydrogens (tertiary/aromatic N) is 4. The fraction of sp³-hybridized carbons (Fsp3) is 0.308. The predicted molar refractivity (Wildman–Crippen MR) is 137 cm³/mol. The maximum atomic E-state index is 13.0. The second-order valence-corrected chi connectivity index (χ2v) is 9.45. The van der Waals surface area contributed by atoms with Crippen LogP contribution in [0, 0.1) is 5.92 Å². The van der Waals surface area contributed by atoms with E-state index in [0.717, 1.165) is 42.0 Å². The molecule has 9 heteroatoms. The molecule has 2 amide bonds. The third-order valence-electron chi connectivity index (χ3n) is 6.26. The van der Waals surface area contributed by atoms with Crippen LogP contribution in [0.2, 0.25) is 0 Å². The highest BCUT2D eigenvalue weighted by Crippen LogP contribution is 2.33. The summed E-state index contributed by atoms with van der Waals surface area (Å²) in [6, 6.07) is 15.7. The van der Waals surface area contributed by atoms with Gasteiger partial charge in [0.25, 0.3) is 0 Å². The number of hydrogen-bond acceptors (Lipinski definition) is 6. The molecule has 2 aromatic carbocycles. The molecule has 0 spiro atoms. The quantitative estimate of drug-likeness (QED) is 0.384. The van der Waals surface area contributed by atoms with E-state index in [9.17, 15) is 9.59 Å². The predicted octanol–water partition coefficient (Wildman–Crippen LogP) is 4.80. The first-order valence-electron chi connectivity index (χ1n) is 11.7. The molecule has 0 aliphatic carbocycles. The Hall–Kier alpha value is -3.72. The molecule has 180 valence electrons. The first-order valence-corrected chi connectivity index (χ1v) is 12.6. The van der Waals surface area contributed by atoms with Gasteiger partial charge in [-0.05, 0) is 42.7 Å². The van der Waals surface area contributed by atoms with Crippen molar-refractivity contribution in [1.82, 2.24) is 14.6 Å². The van der Waals surface area contributed by atoms with E-state index in [2.05, 4.69) is 34.5 Å². The highest BCUT2D eigenvalue weighted by Gasteiger charge is 2.35. The SMILES string of the molecule is CCCCc1ccc(N2CC(C(=O)Nc3nc4scc(-c5ccccc5OC)n4n3)CC2=O)cc1. The van der Waals surface area contributed by atoms with Crippen LogP contribution in [0.15, 0.2) is 53.9 Å². The van der Waals surface area contributed by atoms with E-state index in [0.29, 0.717) is 11.5 Å². The number of methoxy groups -OCH3 is 1. The van der Waals surface area contributed by atoms with Gasteiger partial charge in [0.1, 0.15) is 5.75 Å². The first-order chi connectivity index (χ1) is 17.1. The summed E-state index contributed by atoms with van der Waals surface area (Å²) in [6.07, 6.45) is 3.49. The molecular weight excluding hydrogens is 462 g/mol. The molecule has 3 heterocycles. The van der Waals surface area contributed by atoms with E-state index >= 15 is 0 Å². The van der Waals surface area contributed by atoms with E-state index in [1.165, 1.54) is 16.9 Å². The Morgan fingerprint density at radius 2 is 2.00 bits per heavy atom. The first kappa shape index (κ1) is 23.0.